The molecule has 1 heterocycles. The summed E-state index contributed by atoms with van der Waals surface area (Å²) in [5, 5.41) is 11.6. The predicted molar refractivity (Wildman–Crippen MR) is 80.0 cm³/mol. The Hall–Kier alpha value is -2.87. The number of aromatic amines is 1. The highest BCUT2D eigenvalue weighted by atomic mass is 16.1. The van der Waals surface area contributed by atoms with Crippen LogP contribution in [-0.2, 0) is 4.79 Å². The van der Waals surface area contributed by atoms with Crippen molar-refractivity contribution in [3.05, 3.63) is 59.7 Å². The maximum Gasteiger partial charge on any atom is 0.244 e. The Labute approximate surface area is 123 Å². The lowest BCUT2D eigenvalue weighted by molar-refractivity contribution is -0.117. The molecular weight excluding hydrogens is 264 g/mol. The van der Waals surface area contributed by atoms with E-state index in [1.165, 1.54) is 6.08 Å². The fraction of sp³-hybridized carbons (Fsp3) is 0.188. The van der Waals surface area contributed by atoms with Crippen molar-refractivity contribution < 1.29 is 4.79 Å². The number of amides is 1. The highest BCUT2D eigenvalue weighted by Gasteiger charge is 2.12. The van der Waals surface area contributed by atoms with Gasteiger partial charge in [-0.05, 0) is 30.2 Å². The molecule has 5 nitrogen and oxygen atoms in total. The molecule has 1 amide bonds. The van der Waals surface area contributed by atoms with Gasteiger partial charge in [0.05, 0.1) is 17.7 Å². The molecule has 5 heteroatoms. The maximum absolute atomic E-state index is 11.9. The minimum absolute atomic E-state index is 0.127. The van der Waals surface area contributed by atoms with Gasteiger partial charge >= 0.3 is 0 Å². The van der Waals surface area contributed by atoms with Gasteiger partial charge in [0.25, 0.3) is 0 Å². The summed E-state index contributed by atoms with van der Waals surface area (Å²) in [5.41, 5.74) is 1.47. The van der Waals surface area contributed by atoms with Gasteiger partial charge < -0.3 is 10.3 Å². The van der Waals surface area contributed by atoms with E-state index in [0.717, 1.165) is 17.8 Å². The second kappa shape index (κ2) is 7.06. The SMILES string of the molecule is CCC(NC(=O)/C=C/c1ccc(C#N)cc1)c1ncc[nH]1. The fourth-order valence-electron chi connectivity index (χ4n) is 1.89. The predicted octanol–water partition coefficient (Wildman–Crippen LogP) is 2.56. The Morgan fingerprint density at radius 3 is 2.81 bits per heavy atom. The largest absolute Gasteiger partial charge is 0.347 e. The number of hydrogen-bond acceptors (Lipinski definition) is 3. The summed E-state index contributed by atoms with van der Waals surface area (Å²) in [5.74, 6) is 0.570. The van der Waals surface area contributed by atoms with E-state index in [1.54, 1.807) is 42.7 Å². The molecule has 1 aromatic carbocycles. The lowest BCUT2D eigenvalue weighted by Gasteiger charge is -2.12. The topological polar surface area (TPSA) is 81.6 Å². The number of imidazole rings is 1. The molecule has 0 saturated heterocycles. The van der Waals surface area contributed by atoms with Crippen LogP contribution in [0.15, 0.2) is 42.7 Å². The van der Waals surface area contributed by atoms with Crippen LogP contribution in [0, 0.1) is 11.3 Å². The smallest absolute Gasteiger partial charge is 0.244 e. The number of rotatable bonds is 5. The highest BCUT2D eigenvalue weighted by molar-refractivity contribution is 5.91. The monoisotopic (exact) mass is 280 g/mol. The third kappa shape index (κ3) is 4.05. The van der Waals surface area contributed by atoms with E-state index in [4.69, 9.17) is 5.26 Å². The number of nitriles is 1. The van der Waals surface area contributed by atoms with Crippen LogP contribution < -0.4 is 5.32 Å². The van der Waals surface area contributed by atoms with E-state index in [0.29, 0.717) is 5.56 Å². The molecule has 0 aliphatic heterocycles. The van der Waals surface area contributed by atoms with Crippen molar-refractivity contribution in [1.82, 2.24) is 15.3 Å². The summed E-state index contributed by atoms with van der Waals surface area (Å²) < 4.78 is 0. The van der Waals surface area contributed by atoms with Crippen LogP contribution in [0.2, 0.25) is 0 Å². The third-order valence-electron chi connectivity index (χ3n) is 3.04. The molecule has 0 spiro atoms. The number of nitrogens with one attached hydrogen (secondary N) is 2. The number of H-pyrrole nitrogens is 1. The first-order chi connectivity index (χ1) is 10.2. The summed E-state index contributed by atoms with van der Waals surface area (Å²) in [6.07, 6.45) is 7.34. The summed E-state index contributed by atoms with van der Waals surface area (Å²) >= 11 is 0. The molecule has 106 valence electrons. The summed E-state index contributed by atoms with van der Waals surface area (Å²) in [4.78, 5) is 19.1. The van der Waals surface area contributed by atoms with Crippen LogP contribution >= 0.6 is 0 Å². The maximum atomic E-state index is 11.9. The van der Waals surface area contributed by atoms with Gasteiger partial charge in [0, 0.05) is 18.5 Å². The van der Waals surface area contributed by atoms with Gasteiger partial charge in [-0.2, -0.15) is 5.26 Å². The number of nitrogens with zero attached hydrogens (tertiary/aromatic N) is 2. The summed E-state index contributed by atoms with van der Waals surface area (Å²) in [6, 6.07) is 8.96. The molecule has 0 aliphatic rings. The standard InChI is InChI=1S/C16H16N4O/c1-2-14(16-18-9-10-19-16)20-15(21)8-7-12-3-5-13(11-17)6-4-12/h3-10,14H,2H2,1H3,(H,18,19)(H,20,21)/b8-7+. The van der Waals surface area contributed by atoms with Gasteiger partial charge in [-0.3, -0.25) is 4.79 Å². The van der Waals surface area contributed by atoms with E-state index in [9.17, 15) is 4.79 Å². The molecule has 0 radical (unpaired) electrons. The molecular formula is C16H16N4O. The number of carbonyl (C=O) groups excluding carboxylic acids is 1. The van der Waals surface area contributed by atoms with Gasteiger partial charge in [0.1, 0.15) is 5.82 Å². The molecule has 2 rings (SSSR count). The molecule has 0 aliphatic carbocycles. The molecule has 0 bridgehead atoms. The zero-order chi connectivity index (χ0) is 15.1. The van der Waals surface area contributed by atoms with E-state index in [2.05, 4.69) is 21.4 Å². The first-order valence-electron chi connectivity index (χ1n) is 6.71. The van der Waals surface area contributed by atoms with Crippen molar-refractivity contribution in [2.75, 3.05) is 0 Å². The number of benzene rings is 1. The zero-order valence-electron chi connectivity index (χ0n) is 11.7. The lowest BCUT2D eigenvalue weighted by Crippen LogP contribution is -2.27. The molecule has 0 saturated carbocycles. The van der Waals surface area contributed by atoms with Crippen LogP contribution in [0.4, 0.5) is 0 Å². The van der Waals surface area contributed by atoms with Crippen LogP contribution in [-0.4, -0.2) is 15.9 Å². The minimum Gasteiger partial charge on any atom is -0.347 e. The van der Waals surface area contributed by atoms with Crippen LogP contribution in [0.1, 0.15) is 36.3 Å². The van der Waals surface area contributed by atoms with Crippen molar-refractivity contribution in [3.8, 4) is 6.07 Å². The third-order valence-corrected chi connectivity index (χ3v) is 3.04. The van der Waals surface area contributed by atoms with Gasteiger partial charge in [-0.15, -0.1) is 0 Å². The average Bonchev–Trinajstić information content (AvgIpc) is 3.05. The quantitative estimate of drug-likeness (QED) is 0.826. The average molecular weight is 280 g/mol. The van der Waals surface area contributed by atoms with Gasteiger partial charge in [-0.25, -0.2) is 4.98 Å². The number of carbonyl (C=O) groups is 1. The minimum atomic E-state index is -0.178. The first-order valence-corrected chi connectivity index (χ1v) is 6.71. The van der Waals surface area contributed by atoms with E-state index in [1.807, 2.05) is 6.92 Å². The van der Waals surface area contributed by atoms with Crippen LogP contribution in [0.3, 0.4) is 0 Å². The molecule has 2 N–H and O–H groups in total. The van der Waals surface area contributed by atoms with Crippen molar-refractivity contribution in [2.24, 2.45) is 0 Å². The summed E-state index contributed by atoms with van der Waals surface area (Å²) in [6.45, 7) is 1.98. The van der Waals surface area contributed by atoms with Crippen molar-refractivity contribution in [1.29, 1.82) is 5.26 Å². The lowest BCUT2D eigenvalue weighted by atomic mass is 10.1. The van der Waals surface area contributed by atoms with Gasteiger partial charge in [-0.1, -0.05) is 19.1 Å². The Balaban J connectivity index is 1.97. The van der Waals surface area contributed by atoms with E-state index < -0.39 is 0 Å². The molecule has 1 aromatic heterocycles. The van der Waals surface area contributed by atoms with Gasteiger partial charge in [0.15, 0.2) is 0 Å². The first kappa shape index (κ1) is 14.5. The molecule has 2 aromatic rings. The Morgan fingerprint density at radius 1 is 1.48 bits per heavy atom. The summed E-state index contributed by atoms with van der Waals surface area (Å²) in [7, 11) is 0. The van der Waals surface area contributed by atoms with Crippen LogP contribution in [0.25, 0.3) is 6.08 Å². The van der Waals surface area contributed by atoms with Crippen LogP contribution in [0.5, 0.6) is 0 Å². The Kier molecular flexibility index (Phi) is 4.89. The number of hydrogen-bond donors (Lipinski definition) is 2. The number of aromatic nitrogens is 2. The molecule has 1 unspecified atom stereocenters. The van der Waals surface area contributed by atoms with E-state index >= 15 is 0 Å². The van der Waals surface area contributed by atoms with E-state index in [-0.39, 0.29) is 11.9 Å². The molecule has 1 atom stereocenters. The fourth-order valence-corrected chi connectivity index (χ4v) is 1.89. The van der Waals surface area contributed by atoms with Crippen molar-refractivity contribution in [3.63, 3.8) is 0 Å². The molecule has 21 heavy (non-hydrogen) atoms. The van der Waals surface area contributed by atoms with Gasteiger partial charge in [0.2, 0.25) is 5.91 Å². The second-order valence-electron chi connectivity index (χ2n) is 4.51. The highest BCUT2D eigenvalue weighted by Crippen LogP contribution is 2.11. The normalized spacial score (nSPS) is 12.0. The molecule has 0 fully saturated rings. The second-order valence-corrected chi connectivity index (χ2v) is 4.51. The Morgan fingerprint density at radius 2 is 2.24 bits per heavy atom. The van der Waals surface area contributed by atoms with Crippen molar-refractivity contribution >= 4 is 12.0 Å². The Bertz CT molecular complexity index is 651. The zero-order valence-corrected chi connectivity index (χ0v) is 11.7. The van der Waals surface area contributed by atoms with Crippen molar-refractivity contribution in [2.45, 2.75) is 19.4 Å².